The normalized spacial score (nSPS) is 14.3. The fraction of sp³-hybridized carbons (Fsp3) is 0.667. The van der Waals surface area contributed by atoms with Gasteiger partial charge < -0.3 is 5.73 Å². The molecule has 0 aromatic rings. The van der Waals surface area contributed by atoms with E-state index in [1.54, 1.807) is 7.05 Å². The molecule has 0 aliphatic carbocycles. The zero-order chi connectivity index (χ0) is 8.85. The first kappa shape index (κ1) is 10.2. The predicted octanol–water partition coefficient (Wildman–Crippen LogP) is 1.97. The molecule has 2 N–H and O–H groups in total. The van der Waals surface area contributed by atoms with Crippen LogP contribution in [0, 0.1) is 5.92 Å². The van der Waals surface area contributed by atoms with Crippen molar-refractivity contribution in [2.75, 3.05) is 7.05 Å². The molecule has 0 aliphatic heterocycles. The van der Waals surface area contributed by atoms with Crippen LogP contribution in [0.15, 0.2) is 16.3 Å². The Bertz CT molecular complexity index is 162. The Morgan fingerprint density at radius 3 is 2.36 bits per heavy atom. The van der Waals surface area contributed by atoms with Crippen LogP contribution in [0.25, 0.3) is 0 Å². The van der Waals surface area contributed by atoms with E-state index >= 15 is 0 Å². The lowest BCUT2D eigenvalue weighted by Gasteiger charge is -2.06. The Hall–Kier alpha value is -0.790. The summed E-state index contributed by atoms with van der Waals surface area (Å²) in [5.74, 6) is 0.640. The Morgan fingerprint density at radius 1 is 1.55 bits per heavy atom. The lowest BCUT2D eigenvalue weighted by molar-refractivity contribution is 0.651. The quantitative estimate of drug-likeness (QED) is 0.620. The zero-order valence-corrected chi connectivity index (χ0v) is 7.89. The predicted molar refractivity (Wildman–Crippen MR) is 50.8 cm³/mol. The molecule has 0 saturated carbocycles. The van der Waals surface area contributed by atoms with Gasteiger partial charge in [0.05, 0.1) is 0 Å². The van der Waals surface area contributed by atoms with Gasteiger partial charge in [0.1, 0.15) is 0 Å². The minimum atomic E-state index is 0.640. The van der Waals surface area contributed by atoms with Crippen molar-refractivity contribution in [1.29, 1.82) is 0 Å². The molecule has 0 atom stereocenters. The highest BCUT2D eigenvalue weighted by atomic mass is 14.6. The van der Waals surface area contributed by atoms with Gasteiger partial charge in [-0.2, -0.15) is 0 Å². The van der Waals surface area contributed by atoms with Gasteiger partial charge >= 0.3 is 0 Å². The molecule has 0 amide bonds. The fourth-order valence-corrected chi connectivity index (χ4v) is 0.911. The molecule has 0 radical (unpaired) electrons. The molecule has 0 bridgehead atoms. The Kier molecular flexibility index (Phi) is 4.59. The molecule has 0 saturated heterocycles. The van der Waals surface area contributed by atoms with Crippen molar-refractivity contribution in [3.63, 3.8) is 0 Å². The van der Waals surface area contributed by atoms with E-state index in [4.69, 9.17) is 5.73 Å². The van der Waals surface area contributed by atoms with Crippen molar-refractivity contribution in [1.82, 2.24) is 0 Å². The van der Waals surface area contributed by atoms with Crippen molar-refractivity contribution in [2.24, 2.45) is 16.6 Å². The van der Waals surface area contributed by atoms with E-state index in [-0.39, 0.29) is 0 Å². The molecule has 64 valence electrons. The number of nitrogens with two attached hydrogens (primary N) is 1. The van der Waals surface area contributed by atoms with Gasteiger partial charge in [-0.15, -0.1) is 0 Å². The Balaban J connectivity index is 4.25. The van der Waals surface area contributed by atoms with Crippen LogP contribution in [0.1, 0.15) is 27.2 Å². The first-order valence-corrected chi connectivity index (χ1v) is 3.95. The van der Waals surface area contributed by atoms with Gasteiger partial charge in [-0.25, -0.2) is 0 Å². The maximum Gasteiger partial charge on any atom is 0.0277 e. The number of hydrogen-bond donors (Lipinski definition) is 1. The first-order chi connectivity index (χ1) is 5.07. The van der Waals surface area contributed by atoms with Crippen molar-refractivity contribution in [3.8, 4) is 0 Å². The number of allylic oxidation sites excluding steroid dienone is 2. The van der Waals surface area contributed by atoms with Gasteiger partial charge in [-0.05, 0) is 24.8 Å². The number of hydrogen-bond acceptors (Lipinski definition) is 2. The molecule has 0 rings (SSSR count). The van der Waals surface area contributed by atoms with Crippen molar-refractivity contribution in [3.05, 3.63) is 11.3 Å². The summed E-state index contributed by atoms with van der Waals surface area (Å²) in [6, 6.07) is 0. The van der Waals surface area contributed by atoms with E-state index in [0.717, 1.165) is 17.7 Å². The molecule has 0 aliphatic rings. The average Bonchev–Trinajstić information content (AvgIpc) is 1.86. The Morgan fingerprint density at radius 2 is 2.09 bits per heavy atom. The molecule has 0 aromatic carbocycles. The van der Waals surface area contributed by atoms with Crippen LogP contribution in [0.4, 0.5) is 0 Å². The summed E-state index contributed by atoms with van der Waals surface area (Å²) < 4.78 is 0. The number of nitrogens with zero attached hydrogens (tertiary/aromatic N) is 1. The van der Waals surface area contributed by atoms with Crippen LogP contribution < -0.4 is 5.73 Å². The second-order valence-corrected chi connectivity index (χ2v) is 3.19. The van der Waals surface area contributed by atoms with E-state index in [0.29, 0.717) is 5.92 Å². The summed E-state index contributed by atoms with van der Waals surface area (Å²) in [5, 5.41) is 0. The monoisotopic (exact) mass is 154 g/mol. The molecular weight excluding hydrogens is 136 g/mol. The topological polar surface area (TPSA) is 38.4 Å². The minimum Gasteiger partial charge on any atom is -0.402 e. The van der Waals surface area contributed by atoms with Crippen LogP contribution >= 0.6 is 0 Å². The number of aliphatic imine (C=N–C) groups is 1. The molecular formula is C9H18N2. The van der Waals surface area contributed by atoms with Crippen LogP contribution in [-0.4, -0.2) is 13.3 Å². The summed E-state index contributed by atoms with van der Waals surface area (Å²) in [6.45, 7) is 6.26. The standard InChI is InChI=1S/C9H18N2/c1-7(2)5-9(6-11-4)8(3)10/h6-7H,5,10H2,1-4H3/b9-8-,11-6?. The minimum absolute atomic E-state index is 0.640. The highest BCUT2D eigenvalue weighted by Crippen LogP contribution is 2.10. The summed E-state index contributed by atoms with van der Waals surface area (Å²) in [5.41, 5.74) is 7.69. The van der Waals surface area contributed by atoms with E-state index < -0.39 is 0 Å². The molecule has 0 spiro atoms. The average molecular weight is 154 g/mol. The lowest BCUT2D eigenvalue weighted by atomic mass is 10.0. The highest BCUT2D eigenvalue weighted by Gasteiger charge is 2.00. The SMILES string of the molecule is CN=C/C(CC(C)C)=C(/C)N. The number of rotatable bonds is 3. The van der Waals surface area contributed by atoms with E-state index in [9.17, 15) is 0 Å². The molecule has 2 nitrogen and oxygen atoms in total. The van der Waals surface area contributed by atoms with Crippen LogP contribution in [0.3, 0.4) is 0 Å². The smallest absolute Gasteiger partial charge is 0.0277 e. The molecule has 11 heavy (non-hydrogen) atoms. The highest BCUT2D eigenvalue weighted by molar-refractivity contribution is 5.79. The molecule has 0 unspecified atom stereocenters. The van der Waals surface area contributed by atoms with Crippen molar-refractivity contribution in [2.45, 2.75) is 27.2 Å². The van der Waals surface area contributed by atoms with E-state index in [1.165, 1.54) is 0 Å². The maximum atomic E-state index is 5.66. The van der Waals surface area contributed by atoms with Gasteiger partial charge in [0.25, 0.3) is 0 Å². The van der Waals surface area contributed by atoms with Crippen LogP contribution in [0.5, 0.6) is 0 Å². The van der Waals surface area contributed by atoms with Crippen LogP contribution in [-0.2, 0) is 0 Å². The van der Waals surface area contributed by atoms with Crippen molar-refractivity contribution >= 4 is 6.21 Å². The maximum absolute atomic E-state index is 5.66. The van der Waals surface area contributed by atoms with E-state index in [2.05, 4.69) is 18.8 Å². The van der Waals surface area contributed by atoms with Crippen LogP contribution in [0.2, 0.25) is 0 Å². The van der Waals surface area contributed by atoms with E-state index in [1.807, 2.05) is 13.1 Å². The molecule has 2 heteroatoms. The second kappa shape index (κ2) is 4.94. The summed E-state index contributed by atoms with van der Waals surface area (Å²) in [6.07, 6.45) is 2.86. The van der Waals surface area contributed by atoms with Gasteiger partial charge in [-0.3, -0.25) is 4.99 Å². The van der Waals surface area contributed by atoms with Crippen molar-refractivity contribution < 1.29 is 0 Å². The Labute approximate surface area is 69.2 Å². The molecule has 0 heterocycles. The van der Waals surface area contributed by atoms with Gasteiger partial charge in [-0.1, -0.05) is 13.8 Å². The second-order valence-electron chi connectivity index (χ2n) is 3.19. The molecule has 0 fully saturated rings. The lowest BCUT2D eigenvalue weighted by Crippen LogP contribution is -2.02. The zero-order valence-electron chi connectivity index (χ0n) is 7.89. The third-order valence-electron chi connectivity index (χ3n) is 1.42. The summed E-state index contributed by atoms with van der Waals surface area (Å²) >= 11 is 0. The summed E-state index contributed by atoms with van der Waals surface area (Å²) in [4.78, 5) is 3.95. The fourth-order valence-electron chi connectivity index (χ4n) is 0.911. The largest absolute Gasteiger partial charge is 0.402 e. The molecule has 0 aromatic heterocycles. The first-order valence-electron chi connectivity index (χ1n) is 3.95. The van der Waals surface area contributed by atoms with Gasteiger partial charge in [0.2, 0.25) is 0 Å². The van der Waals surface area contributed by atoms with Gasteiger partial charge in [0.15, 0.2) is 0 Å². The van der Waals surface area contributed by atoms with Gasteiger partial charge in [0, 0.05) is 19.0 Å². The third kappa shape index (κ3) is 4.59. The third-order valence-corrected chi connectivity index (χ3v) is 1.42. The summed E-state index contributed by atoms with van der Waals surface area (Å²) in [7, 11) is 1.77.